The SMILES string of the molecule is CCC1CCc2c(sc3nc(CCC(=O)O)[nH]c(=O)c23)C1. The van der Waals surface area contributed by atoms with Crippen LogP contribution >= 0.6 is 11.3 Å². The highest BCUT2D eigenvalue weighted by molar-refractivity contribution is 7.18. The zero-order chi connectivity index (χ0) is 15.0. The molecule has 3 rings (SSSR count). The summed E-state index contributed by atoms with van der Waals surface area (Å²) in [5, 5.41) is 9.45. The number of aliphatic carboxylic acids is 1. The van der Waals surface area contributed by atoms with Crippen molar-refractivity contribution in [1.82, 2.24) is 9.97 Å². The number of aromatic amines is 1. The molecule has 0 fully saturated rings. The fourth-order valence-corrected chi connectivity index (χ4v) is 4.34. The molecule has 6 heteroatoms. The molecule has 0 spiro atoms. The minimum Gasteiger partial charge on any atom is -0.481 e. The average Bonchev–Trinajstić information content (AvgIpc) is 2.82. The molecule has 2 aromatic rings. The van der Waals surface area contributed by atoms with E-state index in [1.165, 1.54) is 16.9 Å². The summed E-state index contributed by atoms with van der Waals surface area (Å²) in [6, 6.07) is 0. The minimum atomic E-state index is -0.881. The first-order valence-electron chi connectivity index (χ1n) is 7.33. The first-order chi connectivity index (χ1) is 10.1. The number of carboxylic acid groups (broad SMARTS) is 1. The summed E-state index contributed by atoms with van der Waals surface area (Å²) >= 11 is 1.60. The van der Waals surface area contributed by atoms with Gasteiger partial charge in [-0.2, -0.15) is 0 Å². The second-order valence-electron chi connectivity index (χ2n) is 5.61. The van der Waals surface area contributed by atoms with Crippen molar-refractivity contribution >= 4 is 27.5 Å². The van der Waals surface area contributed by atoms with Gasteiger partial charge in [-0.05, 0) is 30.7 Å². The van der Waals surface area contributed by atoms with Crippen molar-refractivity contribution in [2.24, 2.45) is 5.92 Å². The molecule has 0 saturated heterocycles. The summed E-state index contributed by atoms with van der Waals surface area (Å²) < 4.78 is 0. The highest BCUT2D eigenvalue weighted by atomic mass is 32.1. The average molecular weight is 306 g/mol. The molecule has 5 nitrogen and oxygen atoms in total. The molecule has 0 saturated carbocycles. The lowest BCUT2D eigenvalue weighted by Gasteiger charge is -2.20. The van der Waals surface area contributed by atoms with Crippen molar-refractivity contribution < 1.29 is 9.90 Å². The van der Waals surface area contributed by atoms with Crippen LogP contribution < -0.4 is 5.56 Å². The Morgan fingerprint density at radius 2 is 2.33 bits per heavy atom. The van der Waals surface area contributed by atoms with Crippen molar-refractivity contribution in [1.29, 1.82) is 0 Å². The third-order valence-electron chi connectivity index (χ3n) is 4.22. The number of carbonyl (C=O) groups is 1. The summed E-state index contributed by atoms with van der Waals surface area (Å²) in [6.07, 6.45) is 4.54. The van der Waals surface area contributed by atoms with E-state index in [0.29, 0.717) is 11.7 Å². The molecule has 1 aliphatic carbocycles. The van der Waals surface area contributed by atoms with Gasteiger partial charge in [-0.1, -0.05) is 13.3 Å². The monoisotopic (exact) mass is 306 g/mol. The van der Waals surface area contributed by atoms with Crippen LogP contribution in [0.2, 0.25) is 0 Å². The minimum absolute atomic E-state index is 0.0164. The van der Waals surface area contributed by atoms with E-state index in [1.807, 2.05) is 0 Å². The predicted molar refractivity (Wildman–Crippen MR) is 82.0 cm³/mol. The number of aryl methyl sites for hydroxylation is 2. The summed E-state index contributed by atoms with van der Waals surface area (Å²) in [7, 11) is 0. The number of nitrogens with one attached hydrogen (secondary N) is 1. The van der Waals surface area contributed by atoms with E-state index in [4.69, 9.17) is 5.11 Å². The van der Waals surface area contributed by atoms with Crippen molar-refractivity contribution in [3.63, 3.8) is 0 Å². The Morgan fingerprint density at radius 3 is 3.05 bits per heavy atom. The van der Waals surface area contributed by atoms with Crippen LogP contribution in [0.1, 0.15) is 42.5 Å². The van der Waals surface area contributed by atoms with Crippen molar-refractivity contribution in [2.45, 2.75) is 45.4 Å². The summed E-state index contributed by atoms with van der Waals surface area (Å²) in [4.78, 5) is 32.2. The molecular formula is C15H18N2O3S. The maximum absolute atomic E-state index is 12.3. The van der Waals surface area contributed by atoms with Gasteiger partial charge in [-0.15, -0.1) is 11.3 Å². The van der Waals surface area contributed by atoms with Crippen LogP contribution in [0.4, 0.5) is 0 Å². The third-order valence-corrected chi connectivity index (χ3v) is 5.37. The molecule has 0 aromatic carbocycles. The number of thiophene rings is 1. The summed E-state index contributed by atoms with van der Waals surface area (Å²) in [5.74, 6) is 0.297. The number of rotatable bonds is 4. The smallest absolute Gasteiger partial charge is 0.303 e. The van der Waals surface area contributed by atoms with Crippen LogP contribution in [0.3, 0.4) is 0 Å². The lowest BCUT2D eigenvalue weighted by Crippen LogP contribution is -2.16. The number of nitrogens with zero attached hydrogens (tertiary/aromatic N) is 1. The molecule has 0 radical (unpaired) electrons. The van der Waals surface area contributed by atoms with Gasteiger partial charge in [0, 0.05) is 11.3 Å². The van der Waals surface area contributed by atoms with Gasteiger partial charge in [0.25, 0.3) is 5.56 Å². The van der Waals surface area contributed by atoms with Gasteiger partial charge in [0.1, 0.15) is 10.7 Å². The van der Waals surface area contributed by atoms with Crippen molar-refractivity contribution in [3.05, 3.63) is 26.6 Å². The van der Waals surface area contributed by atoms with Gasteiger partial charge < -0.3 is 10.1 Å². The van der Waals surface area contributed by atoms with Crippen LogP contribution in [-0.4, -0.2) is 21.0 Å². The lowest BCUT2D eigenvalue weighted by molar-refractivity contribution is -0.137. The highest BCUT2D eigenvalue weighted by Crippen LogP contribution is 2.36. The van der Waals surface area contributed by atoms with E-state index in [1.54, 1.807) is 11.3 Å². The Balaban J connectivity index is 2.01. The zero-order valence-electron chi connectivity index (χ0n) is 11.9. The van der Waals surface area contributed by atoms with Gasteiger partial charge in [0.05, 0.1) is 11.8 Å². The maximum atomic E-state index is 12.3. The van der Waals surface area contributed by atoms with Crippen LogP contribution in [0.5, 0.6) is 0 Å². The molecule has 0 amide bonds. The number of fused-ring (bicyclic) bond motifs is 3. The van der Waals surface area contributed by atoms with Crippen LogP contribution in [-0.2, 0) is 24.1 Å². The first-order valence-corrected chi connectivity index (χ1v) is 8.15. The molecule has 1 atom stereocenters. The molecule has 1 aliphatic rings. The van der Waals surface area contributed by atoms with Gasteiger partial charge in [0.15, 0.2) is 0 Å². The summed E-state index contributed by atoms with van der Waals surface area (Å²) in [6.45, 7) is 2.21. The van der Waals surface area contributed by atoms with E-state index in [-0.39, 0.29) is 18.4 Å². The van der Waals surface area contributed by atoms with Crippen molar-refractivity contribution in [2.75, 3.05) is 0 Å². The normalized spacial score (nSPS) is 17.9. The summed E-state index contributed by atoms with van der Waals surface area (Å²) in [5.41, 5.74) is 1.05. The molecule has 1 unspecified atom stereocenters. The lowest BCUT2D eigenvalue weighted by atomic mass is 9.86. The van der Waals surface area contributed by atoms with E-state index < -0.39 is 5.97 Å². The second kappa shape index (κ2) is 5.60. The second-order valence-corrected chi connectivity index (χ2v) is 6.69. The first kappa shape index (κ1) is 14.3. The Bertz CT molecular complexity index is 747. The molecule has 112 valence electrons. The van der Waals surface area contributed by atoms with Gasteiger partial charge in [-0.3, -0.25) is 9.59 Å². The Morgan fingerprint density at radius 1 is 1.52 bits per heavy atom. The quantitative estimate of drug-likeness (QED) is 0.909. The van der Waals surface area contributed by atoms with Crippen molar-refractivity contribution in [3.8, 4) is 0 Å². The molecule has 2 N–H and O–H groups in total. The molecule has 21 heavy (non-hydrogen) atoms. The predicted octanol–water partition coefficient (Wildman–Crippen LogP) is 2.52. The number of hydrogen-bond acceptors (Lipinski definition) is 4. The number of hydrogen-bond donors (Lipinski definition) is 2. The third kappa shape index (κ3) is 2.72. The molecule has 2 heterocycles. The van der Waals surface area contributed by atoms with Crippen LogP contribution in [0.15, 0.2) is 4.79 Å². The Kier molecular flexibility index (Phi) is 3.80. The van der Waals surface area contributed by atoms with Crippen LogP contribution in [0.25, 0.3) is 10.2 Å². The molecule has 0 bridgehead atoms. The highest BCUT2D eigenvalue weighted by Gasteiger charge is 2.24. The van der Waals surface area contributed by atoms with Gasteiger partial charge in [-0.25, -0.2) is 4.98 Å². The number of aromatic nitrogens is 2. The van der Waals surface area contributed by atoms with E-state index in [2.05, 4.69) is 16.9 Å². The van der Waals surface area contributed by atoms with Gasteiger partial charge >= 0.3 is 5.97 Å². The van der Waals surface area contributed by atoms with Crippen LogP contribution in [0, 0.1) is 5.92 Å². The molecule has 0 aliphatic heterocycles. The molecule has 2 aromatic heterocycles. The van der Waals surface area contributed by atoms with E-state index in [9.17, 15) is 9.59 Å². The Labute approximate surface area is 126 Å². The zero-order valence-corrected chi connectivity index (χ0v) is 12.8. The fraction of sp³-hybridized carbons (Fsp3) is 0.533. The van der Waals surface area contributed by atoms with E-state index >= 15 is 0 Å². The van der Waals surface area contributed by atoms with E-state index in [0.717, 1.165) is 29.5 Å². The largest absolute Gasteiger partial charge is 0.481 e. The molecular weight excluding hydrogens is 288 g/mol. The fourth-order valence-electron chi connectivity index (χ4n) is 2.99. The maximum Gasteiger partial charge on any atom is 0.303 e. The van der Waals surface area contributed by atoms with Gasteiger partial charge in [0.2, 0.25) is 0 Å². The Hall–Kier alpha value is -1.69. The number of H-pyrrole nitrogens is 1. The number of carboxylic acids is 1. The topological polar surface area (TPSA) is 83.0 Å². The standard InChI is InChI=1S/C15H18N2O3S/c1-2-8-3-4-9-10(7-8)21-15-13(9)14(20)16-11(17-15)5-6-12(18)19/h8H,2-7H2,1H3,(H,18,19)(H,16,17,20).